The van der Waals surface area contributed by atoms with Gasteiger partial charge >= 0.3 is 0 Å². The molecule has 0 aromatic heterocycles. The predicted octanol–water partition coefficient (Wildman–Crippen LogP) is 3.23. The Labute approximate surface area is 115 Å². The van der Waals surface area contributed by atoms with Crippen molar-refractivity contribution in [2.75, 3.05) is 0 Å². The number of halogens is 1. The lowest BCUT2D eigenvalue weighted by atomic mass is 10.2. The molecule has 0 heterocycles. The van der Waals surface area contributed by atoms with Crippen molar-refractivity contribution in [1.82, 2.24) is 0 Å². The monoisotopic (exact) mass is 320 g/mol. The zero-order valence-corrected chi connectivity index (χ0v) is 11.7. The molecule has 0 bridgehead atoms. The van der Waals surface area contributed by atoms with E-state index in [2.05, 4.69) is 27.1 Å². The van der Waals surface area contributed by atoms with E-state index in [1.165, 1.54) is 12.1 Å². The van der Waals surface area contributed by atoms with Crippen LogP contribution in [-0.2, 0) is 9.84 Å². The molecule has 4 heteroatoms. The minimum absolute atomic E-state index is 0.217. The highest BCUT2D eigenvalue weighted by atomic mass is 79.9. The Hall–Kier alpha value is -1.57. The first kappa shape index (κ1) is 12.9. The highest BCUT2D eigenvalue weighted by molar-refractivity contribution is 9.10. The number of benzene rings is 2. The summed E-state index contributed by atoms with van der Waals surface area (Å²) in [7, 11) is -3.54. The van der Waals surface area contributed by atoms with E-state index in [4.69, 9.17) is 0 Å². The predicted molar refractivity (Wildman–Crippen MR) is 74.6 cm³/mol. The van der Waals surface area contributed by atoms with Crippen LogP contribution in [0.4, 0.5) is 0 Å². The fourth-order valence-corrected chi connectivity index (χ4v) is 2.47. The zero-order chi connectivity index (χ0) is 13.0. The van der Waals surface area contributed by atoms with E-state index in [1.54, 1.807) is 30.3 Å². The van der Waals surface area contributed by atoms with E-state index in [9.17, 15) is 8.42 Å². The zero-order valence-electron chi connectivity index (χ0n) is 9.30. The fraction of sp³-hybridized carbons (Fsp3) is 0. The molecule has 0 fully saturated rings. The lowest BCUT2D eigenvalue weighted by Crippen LogP contribution is -1.96. The highest BCUT2D eigenvalue weighted by Crippen LogP contribution is 2.11. The summed E-state index contributed by atoms with van der Waals surface area (Å²) in [5, 5.41) is 2.32. The molecular formula is C14H9BrO2S. The molecule has 0 saturated heterocycles. The van der Waals surface area contributed by atoms with Crippen LogP contribution in [0.2, 0.25) is 0 Å². The molecule has 0 atom stereocenters. The molecule has 2 nitrogen and oxygen atoms in total. The van der Waals surface area contributed by atoms with Gasteiger partial charge in [-0.25, -0.2) is 8.42 Å². The lowest BCUT2D eigenvalue weighted by Gasteiger charge is -1.95. The molecule has 90 valence electrons. The molecule has 18 heavy (non-hydrogen) atoms. The third-order valence-electron chi connectivity index (χ3n) is 2.23. The van der Waals surface area contributed by atoms with Crippen molar-refractivity contribution >= 4 is 25.8 Å². The van der Waals surface area contributed by atoms with E-state index in [-0.39, 0.29) is 4.90 Å². The van der Waals surface area contributed by atoms with E-state index < -0.39 is 9.84 Å². The van der Waals surface area contributed by atoms with Gasteiger partial charge in [0.1, 0.15) is 0 Å². The van der Waals surface area contributed by atoms with Crippen LogP contribution in [0.3, 0.4) is 0 Å². The Morgan fingerprint density at radius 1 is 0.889 bits per heavy atom. The van der Waals surface area contributed by atoms with Gasteiger partial charge in [-0.1, -0.05) is 34.1 Å². The molecule has 0 saturated carbocycles. The van der Waals surface area contributed by atoms with Gasteiger partial charge in [0, 0.05) is 15.3 Å². The lowest BCUT2D eigenvalue weighted by molar-refractivity contribution is 0.606. The van der Waals surface area contributed by atoms with E-state index in [0.717, 1.165) is 4.47 Å². The summed E-state index contributed by atoms with van der Waals surface area (Å²) in [6.45, 7) is 0. The van der Waals surface area contributed by atoms with E-state index >= 15 is 0 Å². The van der Waals surface area contributed by atoms with Crippen LogP contribution < -0.4 is 0 Å². The number of sulfone groups is 1. The van der Waals surface area contributed by atoms with Gasteiger partial charge in [-0.2, -0.15) is 0 Å². The highest BCUT2D eigenvalue weighted by Gasteiger charge is 2.08. The second kappa shape index (κ2) is 5.38. The van der Waals surface area contributed by atoms with Crippen LogP contribution in [0.25, 0.3) is 0 Å². The molecule has 2 aromatic rings. The Balaban J connectivity index is 2.33. The van der Waals surface area contributed by atoms with E-state index in [0.29, 0.717) is 5.56 Å². The van der Waals surface area contributed by atoms with Gasteiger partial charge in [0.05, 0.1) is 4.90 Å². The fourth-order valence-electron chi connectivity index (χ4n) is 1.32. The van der Waals surface area contributed by atoms with Crippen LogP contribution in [0.5, 0.6) is 0 Å². The normalized spacial score (nSPS) is 10.5. The summed E-state index contributed by atoms with van der Waals surface area (Å²) in [5.41, 5.74) is 0.665. The SMILES string of the molecule is O=S(=O)(C#Cc1ccc(Br)cc1)c1ccccc1. The van der Waals surface area contributed by atoms with Crippen molar-refractivity contribution in [3.63, 3.8) is 0 Å². The number of hydrogen-bond acceptors (Lipinski definition) is 2. The standard InChI is InChI=1S/C14H9BrO2S/c15-13-8-6-12(7-9-13)10-11-18(16,17)14-4-2-1-3-5-14/h1-9H. The second-order valence-electron chi connectivity index (χ2n) is 3.55. The third-order valence-corrected chi connectivity index (χ3v) is 4.02. The Bertz CT molecular complexity index is 693. The molecule has 0 aliphatic heterocycles. The summed E-state index contributed by atoms with van der Waals surface area (Å²) in [4.78, 5) is 0.217. The van der Waals surface area contributed by atoms with Gasteiger partial charge in [-0.05, 0) is 42.3 Å². The largest absolute Gasteiger partial charge is 0.245 e. The number of hydrogen-bond donors (Lipinski definition) is 0. The summed E-state index contributed by atoms with van der Waals surface area (Å²) in [6.07, 6.45) is 0. The Morgan fingerprint density at radius 2 is 1.50 bits per heavy atom. The first-order chi connectivity index (χ1) is 8.58. The van der Waals surface area contributed by atoms with Crippen molar-refractivity contribution in [2.24, 2.45) is 0 Å². The van der Waals surface area contributed by atoms with Gasteiger partial charge in [-0.15, -0.1) is 0 Å². The maximum absolute atomic E-state index is 11.9. The molecule has 2 aromatic carbocycles. The van der Waals surface area contributed by atoms with Crippen molar-refractivity contribution in [3.05, 3.63) is 64.6 Å². The molecule has 0 N–H and O–H groups in total. The van der Waals surface area contributed by atoms with Gasteiger partial charge in [-0.3, -0.25) is 0 Å². The average Bonchev–Trinajstić information content (AvgIpc) is 2.39. The first-order valence-electron chi connectivity index (χ1n) is 5.16. The van der Waals surface area contributed by atoms with Crippen LogP contribution in [-0.4, -0.2) is 8.42 Å². The molecule has 0 radical (unpaired) electrons. The number of rotatable bonds is 1. The maximum atomic E-state index is 11.9. The average molecular weight is 321 g/mol. The van der Waals surface area contributed by atoms with Gasteiger partial charge in [0.15, 0.2) is 0 Å². The molecule has 2 rings (SSSR count). The smallest absolute Gasteiger partial charge is 0.210 e. The molecule has 0 aliphatic carbocycles. The summed E-state index contributed by atoms with van der Waals surface area (Å²) >= 11 is 3.31. The maximum Gasteiger partial charge on any atom is 0.245 e. The molecule has 0 unspecified atom stereocenters. The molecule has 0 aliphatic rings. The molecule has 0 spiro atoms. The summed E-state index contributed by atoms with van der Waals surface area (Å²) in [5.74, 6) is 2.65. The third kappa shape index (κ3) is 3.22. The van der Waals surface area contributed by atoms with Crippen LogP contribution in [0.1, 0.15) is 5.56 Å². The summed E-state index contributed by atoms with van der Waals surface area (Å²) < 4.78 is 24.7. The Morgan fingerprint density at radius 3 is 2.11 bits per heavy atom. The van der Waals surface area contributed by atoms with Gasteiger partial charge in [0.2, 0.25) is 9.84 Å². The van der Waals surface area contributed by atoms with Crippen molar-refractivity contribution in [2.45, 2.75) is 4.90 Å². The van der Waals surface area contributed by atoms with Crippen LogP contribution >= 0.6 is 15.9 Å². The van der Waals surface area contributed by atoms with Crippen molar-refractivity contribution in [3.8, 4) is 11.2 Å². The quantitative estimate of drug-likeness (QED) is 0.756. The molecule has 0 amide bonds. The van der Waals surface area contributed by atoms with Crippen LogP contribution in [0, 0.1) is 11.2 Å². The topological polar surface area (TPSA) is 34.1 Å². The van der Waals surface area contributed by atoms with Crippen LogP contribution in [0.15, 0.2) is 64.0 Å². The van der Waals surface area contributed by atoms with Crippen molar-refractivity contribution in [1.29, 1.82) is 0 Å². The van der Waals surface area contributed by atoms with Crippen molar-refractivity contribution < 1.29 is 8.42 Å². The summed E-state index contributed by atoms with van der Waals surface area (Å²) in [6, 6.07) is 15.3. The minimum Gasteiger partial charge on any atom is -0.210 e. The van der Waals surface area contributed by atoms with E-state index in [1.807, 2.05) is 12.1 Å². The Kier molecular flexibility index (Phi) is 3.85. The van der Waals surface area contributed by atoms with Gasteiger partial charge < -0.3 is 0 Å². The first-order valence-corrected chi connectivity index (χ1v) is 7.44. The van der Waals surface area contributed by atoms with Gasteiger partial charge in [0.25, 0.3) is 0 Å². The molecular weight excluding hydrogens is 312 g/mol. The second-order valence-corrected chi connectivity index (χ2v) is 6.15. The minimum atomic E-state index is -3.54.